The molecule has 0 bridgehead atoms. The SMILES string of the molecule is O=C(O)c1ccc(NCC(F)(F)F)c2ccccc12. The second-order valence-corrected chi connectivity index (χ2v) is 3.98. The highest BCUT2D eigenvalue weighted by atomic mass is 19.4. The van der Waals surface area contributed by atoms with Gasteiger partial charge in [-0.2, -0.15) is 13.2 Å². The molecule has 0 spiro atoms. The van der Waals surface area contributed by atoms with E-state index in [4.69, 9.17) is 5.11 Å². The van der Waals surface area contributed by atoms with Crippen LogP contribution in [0.15, 0.2) is 36.4 Å². The minimum atomic E-state index is -4.33. The number of alkyl halides is 3. The molecule has 0 atom stereocenters. The van der Waals surface area contributed by atoms with Crippen LogP contribution >= 0.6 is 0 Å². The fraction of sp³-hybridized carbons (Fsp3) is 0.154. The van der Waals surface area contributed by atoms with Crippen molar-refractivity contribution in [2.24, 2.45) is 0 Å². The van der Waals surface area contributed by atoms with Gasteiger partial charge in [0.15, 0.2) is 0 Å². The second kappa shape index (κ2) is 4.79. The van der Waals surface area contributed by atoms with Gasteiger partial charge in [0, 0.05) is 11.1 Å². The Kier molecular flexibility index (Phi) is 3.33. The van der Waals surface area contributed by atoms with Gasteiger partial charge in [-0.25, -0.2) is 4.79 Å². The Morgan fingerprint density at radius 3 is 2.32 bits per heavy atom. The first-order chi connectivity index (χ1) is 8.88. The highest BCUT2D eigenvalue weighted by molar-refractivity contribution is 6.07. The summed E-state index contributed by atoms with van der Waals surface area (Å²) in [4.78, 5) is 11.0. The van der Waals surface area contributed by atoms with E-state index >= 15 is 0 Å². The number of carboxylic acid groups (broad SMARTS) is 1. The number of aromatic carboxylic acids is 1. The lowest BCUT2D eigenvalue weighted by atomic mass is 10.0. The maximum atomic E-state index is 12.2. The zero-order valence-electron chi connectivity index (χ0n) is 9.66. The Bertz CT molecular complexity index is 623. The molecule has 2 N–H and O–H groups in total. The van der Waals surface area contributed by atoms with Gasteiger partial charge in [-0.1, -0.05) is 24.3 Å². The fourth-order valence-electron chi connectivity index (χ4n) is 1.84. The summed E-state index contributed by atoms with van der Waals surface area (Å²) in [6.07, 6.45) is -4.33. The molecule has 0 aromatic heterocycles. The number of fused-ring (bicyclic) bond motifs is 1. The normalized spacial score (nSPS) is 11.5. The summed E-state index contributed by atoms with van der Waals surface area (Å²) in [5.41, 5.74) is 0.325. The average molecular weight is 269 g/mol. The lowest BCUT2D eigenvalue weighted by Crippen LogP contribution is -2.21. The largest absolute Gasteiger partial charge is 0.478 e. The highest BCUT2D eigenvalue weighted by Crippen LogP contribution is 2.27. The minimum Gasteiger partial charge on any atom is -0.478 e. The first-order valence-electron chi connectivity index (χ1n) is 5.44. The predicted molar refractivity (Wildman–Crippen MR) is 65.5 cm³/mol. The molecule has 0 amide bonds. The molecular weight excluding hydrogens is 259 g/mol. The monoisotopic (exact) mass is 269 g/mol. The van der Waals surface area contributed by atoms with Crippen LogP contribution in [-0.2, 0) is 0 Å². The number of carboxylic acids is 1. The van der Waals surface area contributed by atoms with Crippen molar-refractivity contribution in [3.05, 3.63) is 42.0 Å². The van der Waals surface area contributed by atoms with Crippen molar-refractivity contribution in [2.75, 3.05) is 11.9 Å². The number of benzene rings is 2. The number of rotatable bonds is 3. The fourth-order valence-corrected chi connectivity index (χ4v) is 1.84. The topological polar surface area (TPSA) is 49.3 Å². The van der Waals surface area contributed by atoms with Gasteiger partial charge in [0.25, 0.3) is 0 Å². The lowest BCUT2D eigenvalue weighted by Gasteiger charge is -2.13. The zero-order chi connectivity index (χ0) is 14.0. The van der Waals surface area contributed by atoms with E-state index in [1.807, 2.05) is 0 Å². The molecular formula is C13H10F3NO2. The molecule has 100 valence electrons. The quantitative estimate of drug-likeness (QED) is 0.896. The van der Waals surface area contributed by atoms with Crippen LogP contribution < -0.4 is 5.32 Å². The predicted octanol–water partition coefficient (Wildman–Crippen LogP) is 3.51. The van der Waals surface area contributed by atoms with E-state index in [2.05, 4.69) is 5.32 Å². The first kappa shape index (κ1) is 13.2. The average Bonchev–Trinajstić information content (AvgIpc) is 2.34. The molecule has 0 unspecified atom stereocenters. The summed E-state index contributed by atoms with van der Waals surface area (Å²) in [6.45, 7) is -1.16. The third-order valence-electron chi connectivity index (χ3n) is 2.63. The molecule has 0 radical (unpaired) electrons. The Labute approximate surface area is 106 Å². The van der Waals surface area contributed by atoms with E-state index < -0.39 is 18.7 Å². The van der Waals surface area contributed by atoms with E-state index in [1.165, 1.54) is 12.1 Å². The van der Waals surface area contributed by atoms with Crippen LogP contribution in [-0.4, -0.2) is 23.8 Å². The summed E-state index contributed by atoms with van der Waals surface area (Å²) in [5.74, 6) is -1.11. The smallest absolute Gasteiger partial charge is 0.405 e. The van der Waals surface area contributed by atoms with Gasteiger partial charge in [-0.3, -0.25) is 0 Å². The van der Waals surface area contributed by atoms with Crippen molar-refractivity contribution in [2.45, 2.75) is 6.18 Å². The Hall–Kier alpha value is -2.24. The molecule has 2 rings (SSSR count). The molecule has 0 saturated heterocycles. The van der Waals surface area contributed by atoms with Gasteiger partial charge >= 0.3 is 12.1 Å². The maximum absolute atomic E-state index is 12.2. The van der Waals surface area contributed by atoms with Crippen molar-refractivity contribution in [3.63, 3.8) is 0 Å². The number of carbonyl (C=O) groups is 1. The molecule has 19 heavy (non-hydrogen) atoms. The van der Waals surface area contributed by atoms with Crippen LogP contribution in [0.1, 0.15) is 10.4 Å². The van der Waals surface area contributed by atoms with Crippen LogP contribution in [0.2, 0.25) is 0 Å². The molecule has 3 nitrogen and oxygen atoms in total. The standard InChI is InChI=1S/C13H10F3NO2/c14-13(15,16)7-17-11-6-5-10(12(18)19)8-3-1-2-4-9(8)11/h1-6,17H,7H2,(H,18,19). The van der Waals surface area contributed by atoms with Gasteiger partial charge in [0.2, 0.25) is 0 Å². The molecule has 6 heteroatoms. The molecule has 2 aromatic rings. The number of anilines is 1. The first-order valence-corrected chi connectivity index (χ1v) is 5.44. The Morgan fingerprint density at radius 2 is 1.74 bits per heavy atom. The second-order valence-electron chi connectivity index (χ2n) is 3.98. The molecule has 0 heterocycles. The Morgan fingerprint density at radius 1 is 1.11 bits per heavy atom. The van der Waals surface area contributed by atoms with Gasteiger partial charge in [0.05, 0.1) is 5.56 Å². The van der Waals surface area contributed by atoms with Crippen LogP contribution in [0.4, 0.5) is 18.9 Å². The van der Waals surface area contributed by atoms with Crippen LogP contribution in [0.5, 0.6) is 0 Å². The van der Waals surface area contributed by atoms with E-state index in [0.717, 1.165) is 0 Å². The number of hydrogen-bond donors (Lipinski definition) is 2. The number of nitrogens with one attached hydrogen (secondary N) is 1. The number of halogens is 3. The molecule has 0 aliphatic heterocycles. The van der Waals surface area contributed by atoms with Crippen molar-refractivity contribution in [1.82, 2.24) is 0 Å². The molecule has 2 aromatic carbocycles. The summed E-state index contributed by atoms with van der Waals surface area (Å²) >= 11 is 0. The summed E-state index contributed by atoms with van der Waals surface area (Å²) in [6, 6.07) is 9.08. The molecule has 0 aliphatic carbocycles. The third-order valence-corrected chi connectivity index (χ3v) is 2.63. The van der Waals surface area contributed by atoms with Crippen LogP contribution in [0.3, 0.4) is 0 Å². The summed E-state index contributed by atoms with van der Waals surface area (Å²) in [7, 11) is 0. The molecule has 0 aliphatic rings. The number of hydrogen-bond acceptors (Lipinski definition) is 2. The van der Waals surface area contributed by atoms with Crippen molar-refractivity contribution >= 4 is 22.4 Å². The van der Waals surface area contributed by atoms with Crippen LogP contribution in [0, 0.1) is 0 Å². The minimum absolute atomic E-state index is 0.0631. The van der Waals surface area contributed by atoms with E-state index in [0.29, 0.717) is 10.8 Å². The van der Waals surface area contributed by atoms with Crippen LogP contribution in [0.25, 0.3) is 10.8 Å². The summed E-state index contributed by atoms with van der Waals surface area (Å²) in [5, 5.41) is 12.2. The van der Waals surface area contributed by atoms with Gasteiger partial charge in [0.1, 0.15) is 6.54 Å². The van der Waals surface area contributed by atoms with Crippen molar-refractivity contribution in [1.29, 1.82) is 0 Å². The third kappa shape index (κ3) is 2.96. The summed E-state index contributed by atoms with van der Waals surface area (Å²) < 4.78 is 36.6. The Balaban J connectivity index is 2.47. The molecule has 0 saturated carbocycles. The van der Waals surface area contributed by atoms with Gasteiger partial charge < -0.3 is 10.4 Å². The zero-order valence-corrected chi connectivity index (χ0v) is 9.66. The van der Waals surface area contributed by atoms with E-state index in [9.17, 15) is 18.0 Å². The lowest BCUT2D eigenvalue weighted by molar-refractivity contribution is -0.115. The highest BCUT2D eigenvalue weighted by Gasteiger charge is 2.27. The van der Waals surface area contributed by atoms with Crippen molar-refractivity contribution in [3.8, 4) is 0 Å². The van der Waals surface area contributed by atoms with E-state index in [-0.39, 0.29) is 11.3 Å². The maximum Gasteiger partial charge on any atom is 0.405 e. The van der Waals surface area contributed by atoms with E-state index in [1.54, 1.807) is 24.3 Å². The van der Waals surface area contributed by atoms with Gasteiger partial charge in [-0.15, -0.1) is 0 Å². The van der Waals surface area contributed by atoms with Crippen molar-refractivity contribution < 1.29 is 23.1 Å². The van der Waals surface area contributed by atoms with Gasteiger partial charge in [-0.05, 0) is 17.5 Å². The molecule has 0 fully saturated rings.